The molecule has 2 aliphatic heterocycles. The van der Waals surface area contributed by atoms with Crippen LogP contribution in [0.25, 0.3) is 22.3 Å². The molecule has 0 spiro atoms. The normalized spacial score (nSPS) is 20.4. The van der Waals surface area contributed by atoms with Crippen molar-refractivity contribution in [2.24, 2.45) is 16.7 Å². The van der Waals surface area contributed by atoms with Crippen LogP contribution in [0.4, 0.5) is 0 Å². The number of aliphatic hydroxyl groups excluding tert-OH is 2. The van der Waals surface area contributed by atoms with Crippen LogP contribution in [0.5, 0.6) is 0 Å². The minimum Gasteiger partial charge on any atom is -0.382 e. The number of likely N-dealkylation sites (tertiary alicyclic amines) is 2. The molecule has 0 unspecified atom stereocenters. The molecule has 4 aromatic carbocycles. The Morgan fingerprint density at radius 1 is 0.512 bits per heavy atom. The zero-order valence-electron chi connectivity index (χ0n) is 48.1. The van der Waals surface area contributed by atoms with Gasteiger partial charge in [-0.1, -0.05) is 139 Å². The van der Waals surface area contributed by atoms with E-state index in [2.05, 4.69) is 37.2 Å². The molecule has 2 fully saturated rings. The third kappa shape index (κ3) is 13.4. The van der Waals surface area contributed by atoms with Gasteiger partial charge in [-0.05, 0) is 102 Å². The Morgan fingerprint density at radius 3 is 1.23 bits per heavy atom. The van der Waals surface area contributed by atoms with Crippen molar-refractivity contribution < 1.29 is 48.6 Å². The lowest BCUT2D eigenvalue weighted by Gasteiger charge is -2.36. The van der Waals surface area contributed by atoms with Gasteiger partial charge in [-0.2, -0.15) is 0 Å². The molecular formula is C61H79Cl2N9O10. The van der Waals surface area contributed by atoms with Crippen LogP contribution in [0, 0.1) is 16.7 Å². The quantitative estimate of drug-likeness (QED) is 0.0688. The summed E-state index contributed by atoms with van der Waals surface area (Å²) < 4.78 is 0. The smallest absolute Gasteiger partial charge is 0.252 e. The molecule has 4 aliphatic rings. The standard InChI is InChI=1S/C61H77N9O10.2ClH/c1-32(62-9)53(74)67-51(60(3,4)5)58(79)69-30-34(27-44(69)55(76)65-47-40-23-15-11-19-36(40)37-20-12-16-24-41(37)47)28-46(71)49(72)50(73)57(78)64-35-29-45(70(31-35)59(80)52(61(6,7)8)68-54(75)33(2)63-10)56(77)66-48-42-25-17-13-21-38(42)39-22-14-18-26-43(39)48;;/h11-26,32-35,44-45,47-52,62-63,72-73H,27-31H2,1-10H3,(H,64,78)(H,65,76)(H,66,77)(H,67,74)(H,68,75);2*1H/t32-,33-,34+,35-,44-,45-,49-,50+,51+,52+;;/m0../s1. The zero-order chi connectivity index (χ0) is 58.1. The van der Waals surface area contributed by atoms with E-state index in [0.29, 0.717) is 0 Å². The number of Topliss-reactive ketones (excluding diaryl/α,β-unsaturated/α-hetero) is 1. The van der Waals surface area contributed by atoms with Crippen molar-refractivity contribution in [3.05, 3.63) is 119 Å². The molecule has 2 aliphatic carbocycles. The van der Waals surface area contributed by atoms with Crippen molar-refractivity contribution in [1.82, 2.24) is 47.0 Å². The van der Waals surface area contributed by atoms with Crippen molar-refractivity contribution in [2.45, 2.75) is 141 Å². The highest BCUT2D eigenvalue weighted by atomic mass is 35.5. The maximum absolute atomic E-state index is 14.8. The van der Waals surface area contributed by atoms with E-state index in [1.54, 1.807) is 69.5 Å². The summed E-state index contributed by atoms with van der Waals surface area (Å²) in [6.45, 7) is 13.7. The van der Waals surface area contributed by atoms with Gasteiger partial charge in [0, 0.05) is 25.6 Å². The Kier molecular flexibility index (Phi) is 20.6. The predicted molar refractivity (Wildman–Crippen MR) is 315 cm³/mol. The monoisotopic (exact) mass is 1170 g/mol. The molecule has 7 amide bonds. The molecule has 0 bridgehead atoms. The van der Waals surface area contributed by atoms with Crippen LogP contribution in [0.2, 0.25) is 0 Å². The number of ketones is 1. The molecule has 10 atom stereocenters. The zero-order valence-corrected chi connectivity index (χ0v) is 49.7. The third-order valence-corrected chi connectivity index (χ3v) is 16.3. The molecule has 82 heavy (non-hydrogen) atoms. The number of nitrogens with zero attached hydrogens (tertiary/aromatic N) is 2. The van der Waals surface area contributed by atoms with E-state index >= 15 is 0 Å². The molecule has 0 saturated carbocycles. The Morgan fingerprint density at radius 2 is 0.866 bits per heavy atom. The highest BCUT2D eigenvalue weighted by Crippen LogP contribution is 2.45. The van der Waals surface area contributed by atoms with E-state index in [9.17, 15) is 48.6 Å². The molecular weight excluding hydrogens is 1090 g/mol. The molecule has 0 aromatic heterocycles. The van der Waals surface area contributed by atoms with Gasteiger partial charge in [0.05, 0.1) is 24.2 Å². The number of carbonyl (C=O) groups excluding carboxylic acids is 8. The minimum atomic E-state index is -2.30. The number of hydrogen-bond acceptors (Lipinski definition) is 12. The summed E-state index contributed by atoms with van der Waals surface area (Å²) >= 11 is 0. The topological polar surface area (TPSA) is 268 Å². The second kappa shape index (κ2) is 26.2. The molecule has 8 rings (SSSR count). The van der Waals surface area contributed by atoms with Gasteiger partial charge in [0.1, 0.15) is 30.3 Å². The lowest BCUT2D eigenvalue weighted by molar-refractivity contribution is -0.146. The number of fused-ring (bicyclic) bond motifs is 6. The summed E-state index contributed by atoms with van der Waals surface area (Å²) in [6.07, 6.45) is -5.14. The summed E-state index contributed by atoms with van der Waals surface area (Å²) in [5.74, 6) is -5.82. The maximum Gasteiger partial charge on any atom is 0.252 e. The highest BCUT2D eigenvalue weighted by molar-refractivity contribution is 5.97. The number of halogens is 2. The fourth-order valence-corrected chi connectivity index (χ4v) is 11.5. The third-order valence-electron chi connectivity index (χ3n) is 16.3. The molecule has 4 aromatic rings. The van der Waals surface area contributed by atoms with Crippen LogP contribution < -0.4 is 37.2 Å². The van der Waals surface area contributed by atoms with Gasteiger partial charge < -0.3 is 57.2 Å². The fourth-order valence-electron chi connectivity index (χ4n) is 11.5. The summed E-state index contributed by atoms with van der Waals surface area (Å²) in [5, 5.41) is 43.4. The first-order valence-electron chi connectivity index (χ1n) is 27.6. The van der Waals surface area contributed by atoms with E-state index in [4.69, 9.17) is 0 Å². The van der Waals surface area contributed by atoms with Crippen molar-refractivity contribution in [1.29, 1.82) is 0 Å². The van der Waals surface area contributed by atoms with Gasteiger partial charge in [-0.3, -0.25) is 38.4 Å². The lowest BCUT2D eigenvalue weighted by atomic mass is 9.85. The van der Waals surface area contributed by atoms with Gasteiger partial charge in [-0.25, -0.2) is 0 Å². The van der Waals surface area contributed by atoms with Crippen LogP contribution in [-0.4, -0.2) is 149 Å². The Labute approximate surface area is 492 Å². The number of hydrogen-bond donors (Lipinski definition) is 9. The van der Waals surface area contributed by atoms with Gasteiger partial charge in [0.25, 0.3) is 5.91 Å². The lowest BCUT2D eigenvalue weighted by Crippen LogP contribution is -2.59. The molecule has 0 radical (unpaired) electrons. The Balaban J connectivity index is 0.00000541. The number of amides is 7. The molecule has 442 valence electrons. The molecule has 2 saturated heterocycles. The Hall–Kier alpha value is -6.74. The predicted octanol–water partition coefficient (Wildman–Crippen LogP) is 3.86. The van der Waals surface area contributed by atoms with Gasteiger partial charge >= 0.3 is 0 Å². The number of likely N-dealkylation sites (N-methyl/N-ethyl adjacent to an activating group) is 2. The van der Waals surface area contributed by atoms with Crippen LogP contribution in [0.1, 0.15) is 109 Å². The van der Waals surface area contributed by atoms with Crippen molar-refractivity contribution in [2.75, 3.05) is 27.2 Å². The molecule has 19 nitrogen and oxygen atoms in total. The van der Waals surface area contributed by atoms with Crippen molar-refractivity contribution in [3.8, 4) is 22.3 Å². The SMILES string of the molecule is CN[C@@H](C)C(=O)N[C@H](C(=O)N1C[C@@H](CC(=O)[C@H](O)[C@@H](O)C(=O)N[C@H]2C[C@@H](C(=O)NC3c4ccccc4-c4ccccc43)N(C(=O)[C@@H](NC(=O)[C@H](C)NC)C(C)(C)C)C2)C[C@H]1C(=O)NC1c2ccccc2-c2ccccc21)C(C)(C)C.Cl.Cl. The van der Waals surface area contributed by atoms with Gasteiger partial charge in [0.15, 0.2) is 11.9 Å². The summed E-state index contributed by atoms with van der Waals surface area (Å²) in [7, 11) is 3.23. The van der Waals surface area contributed by atoms with E-state index in [1.165, 1.54) is 9.80 Å². The number of carbonyl (C=O) groups is 8. The average molecular weight is 1170 g/mol. The van der Waals surface area contributed by atoms with E-state index in [-0.39, 0.29) is 50.7 Å². The van der Waals surface area contributed by atoms with Crippen LogP contribution in [0.15, 0.2) is 97.1 Å². The number of rotatable bonds is 18. The van der Waals surface area contributed by atoms with Crippen molar-refractivity contribution in [3.63, 3.8) is 0 Å². The van der Waals surface area contributed by atoms with Crippen LogP contribution >= 0.6 is 24.8 Å². The van der Waals surface area contributed by atoms with Gasteiger partial charge in [-0.15, -0.1) is 24.8 Å². The van der Waals surface area contributed by atoms with Crippen LogP contribution in [-0.2, 0) is 38.4 Å². The highest BCUT2D eigenvalue weighted by Gasteiger charge is 2.49. The second-order valence-electron chi connectivity index (χ2n) is 24.0. The van der Waals surface area contributed by atoms with Crippen LogP contribution in [0.3, 0.4) is 0 Å². The number of benzene rings is 4. The largest absolute Gasteiger partial charge is 0.382 e. The van der Waals surface area contributed by atoms with E-state index < -0.39 is 137 Å². The summed E-state index contributed by atoms with van der Waals surface area (Å²) in [5.41, 5.74) is 5.60. The molecule has 9 N–H and O–H groups in total. The molecule has 2 heterocycles. The summed E-state index contributed by atoms with van der Waals surface area (Å²) in [6, 6.07) is 22.9. The first kappa shape index (κ1) is 64.4. The number of aliphatic hydroxyl groups is 2. The fraction of sp³-hybridized carbons (Fsp3) is 0.475. The Bertz CT molecular complexity index is 2760. The average Bonchev–Trinajstić information content (AvgIpc) is 4.21. The van der Waals surface area contributed by atoms with Gasteiger partial charge in [0.2, 0.25) is 35.4 Å². The van der Waals surface area contributed by atoms with E-state index in [1.807, 2.05) is 97.1 Å². The minimum absolute atomic E-state index is 0. The first-order chi connectivity index (χ1) is 37.8. The summed E-state index contributed by atoms with van der Waals surface area (Å²) in [4.78, 5) is 116. The second-order valence-corrected chi connectivity index (χ2v) is 24.0. The maximum atomic E-state index is 14.8. The number of nitrogens with one attached hydrogen (secondary N) is 7. The first-order valence-corrected chi connectivity index (χ1v) is 27.6. The van der Waals surface area contributed by atoms with E-state index in [0.717, 1.165) is 44.5 Å². The van der Waals surface area contributed by atoms with Crippen molar-refractivity contribution >= 4 is 71.9 Å². The molecule has 21 heteroatoms.